The van der Waals surface area contributed by atoms with Crippen LogP contribution in [0.1, 0.15) is 12.0 Å². The number of carbonyl (C=O) groups is 2. The van der Waals surface area contributed by atoms with Gasteiger partial charge in [-0.1, -0.05) is 0 Å². The number of ether oxygens (including phenoxy) is 2. The number of nitrogens with one attached hydrogen (secondary N) is 2. The molecular weight excluding hydrogens is 288 g/mol. The largest absolute Gasteiger partial charge is 0.550 e. The van der Waals surface area contributed by atoms with E-state index in [1.54, 1.807) is 20.3 Å². The molecule has 0 aliphatic carbocycles. The topological polar surface area (TPSA) is 92.1 Å². The van der Waals surface area contributed by atoms with Gasteiger partial charge < -0.3 is 29.6 Å². The lowest BCUT2D eigenvalue weighted by Crippen LogP contribution is -3.18. The molecule has 1 aromatic rings. The Balaban J connectivity index is 2.16. The second-order valence-corrected chi connectivity index (χ2v) is 5.19. The second-order valence-electron chi connectivity index (χ2n) is 5.19. The molecular formula is C15H20N2O5. The molecule has 1 aliphatic heterocycles. The van der Waals surface area contributed by atoms with Gasteiger partial charge in [-0.25, -0.2) is 0 Å². The zero-order valence-corrected chi connectivity index (χ0v) is 12.7. The molecule has 1 amide bonds. The lowest BCUT2D eigenvalue weighted by Gasteiger charge is -2.32. The fraction of sp³-hybridized carbons (Fsp3) is 0.467. The van der Waals surface area contributed by atoms with Crippen LogP contribution in [0.25, 0.3) is 0 Å². The van der Waals surface area contributed by atoms with Gasteiger partial charge in [-0.15, -0.1) is 0 Å². The number of piperazine rings is 1. The van der Waals surface area contributed by atoms with Gasteiger partial charge in [0.1, 0.15) is 6.54 Å². The van der Waals surface area contributed by atoms with Crippen LogP contribution < -0.4 is 24.8 Å². The van der Waals surface area contributed by atoms with E-state index in [1.807, 2.05) is 12.1 Å². The van der Waals surface area contributed by atoms with Gasteiger partial charge in [-0.05, 0) is 18.2 Å². The van der Waals surface area contributed by atoms with Crippen LogP contribution in [0.2, 0.25) is 0 Å². The highest BCUT2D eigenvalue weighted by atomic mass is 16.5. The van der Waals surface area contributed by atoms with Crippen LogP contribution in [0, 0.1) is 0 Å². The maximum atomic E-state index is 11.9. The quantitative estimate of drug-likeness (QED) is 0.618. The van der Waals surface area contributed by atoms with Gasteiger partial charge in [0.05, 0.1) is 27.3 Å². The number of methoxy groups -OCH3 is 2. The third-order valence-corrected chi connectivity index (χ3v) is 3.80. The Morgan fingerprint density at radius 2 is 2.09 bits per heavy atom. The maximum absolute atomic E-state index is 11.9. The first-order chi connectivity index (χ1) is 10.5. The highest BCUT2D eigenvalue weighted by molar-refractivity contribution is 5.84. The number of hydrogen-bond donors (Lipinski definition) is 2. The summed E-state index contributed by atoms with van der Waals surface area (Å²) in [5.74, 6) is -0.223. The van der Waals surface area contributed by atoms with Gasteiger partial charge in [-0.3, -0.25) is 4.79 Å². The molecule has 1 unspecified atom stereocenters. The first-order valence-corrected chi connectivity index (χ1v) is 7.08. The molecule has 1 saturated heterocycles. The molecule has 0 saturated carbocycles. The fourth-order valence-corrected chi connectivity index (χ4v) is 2.70. The fourth-order valence-electron chi connectivity index (χ4n) is 2.70. The van der Waals surface area contributed by atoms with Crippen molar-refractivity contribution in [1.82, 2.24) is 5.32 Å². The molecule has 0 spiro atoms. The molecule has 1 fully saturated rings. The van der Waals surface area contributed by atoms with Gasteiger partial charge in [0.25, 0.3) is 5.91 Å². The molecule has 120 valence electrons. The van der Waals surface area contributed by atoms with Crippen molar-refractivity contribution in [1.29, 1.82) is 0 Å². The normalized spacial score (nSPS) is 21.1. The predicted molar refractivity (Wildman–Crippen MR) is 75.5 cm³/mol. The molecule has 2 N–H and O–H groups in total. The smallest absolute Gasteiger partial charge is 0.278 e. The zero-order valence-electron chi connectivity index (χ0n) is 12.7. The Morgan fingerprint density at radius 1 is 1.36 bits per heavy atom. The lowest BCUT2D eigenvalue weighted by molar-refractivity contribution is -0.930. The Labute approximate surface area is 128 Å². The summed E-state index contributed by atoms with van der Waals surface area (Å²) in [7, 11) is 3.12. The number of aliphatic carboxylic acids is 1. The van der Waals surface area contributed by atoms with Crippen LogP contribution in [0.15, 0.2) is 18.2 Å². The van der Waals surface area contributed by atoms with Crippen LogP contribution in [-0.4, -0.2) is 45.2 Å². The van der Waals surface area contributed by atoms with Gasteiger partial charge in [0, 0.05) is 18.0 Å². The number of carboxylic acids is 1. The Bertz CT molecular complexity index is 561. The summed E-state index contributed by atoms with van der Waals surface area (Å²) in [6, 6.07) is 4.89. The minimum Gasteiger partial charge on any atom is -0.550 e. The highest BCUT2D eigenvalue weighted by Gasteiger charge is 2.33. The van der Waals surface area contributed by atoms with Gasteiger partial charge in [0.2, 0.25) is 0 Å². The van der Waals surface area contributed by atoms with Gasteiger partial charge in [-0.2, -0.15) is 0 Å². The summed E-state index contributed by atoms with van der Waals surface area (Å²) in [4.78, 5) is 23.6. The van der Waals surface area contributed by atoms with E-state index < -0.39 is 12.0 Å². The van der Waals surface area contributed by atoms with Crippen LogP contribution in [0.4, 0.5) is 0 Å². The number of amides is 1. The number of benzene rings is 1. The van der Waals surface area contributed by atoms with E-state index in [2.05, 4.69) is 5.32 Å². The predicted octanol–water partition coefficient (Wildman–Crippen LogP) is -2.27. The van der Waals surface area contributed by atoms with E-state index in [1.165, 1.54) is 0 Å². The summed E-state index contributed by atoms with van der Waals surface area (Å²) < 4.78 is 10.5. The Kier molecular flexibility index (Phi) is 5.21. The number of hydrogen-bond acceptors (Lipinski definition) is 5. The minimum absolute atomic E-state index is 0.245. The van der Waals surface area contributed by atoms with Crippen molar-refractivity contribution < 1.29 is 29.1 Å². The molecule has 0 bridgehead atoms. The lowest BCUT2D eigenvalue weighted by atomic mass is 10.1. The standard InChI is InChI=1S/C15H20N2O5/c1-21-12-4-3-10(7-13(12)22-2)9-17-6-5-16-15(20)11(17)8-14(18)19/h3-4,7,11H,5-6,8-9H2,1-2H3,(H,16,20)(H,18,19)/t11-/m1/s1. The molecule has 1 heterocycles. The van der Waals surface area contributed by atoms with E-state index >= 15 is 0 Å². The first-order valence-electron chi connectivity index (χ1n) is 7.08. The second kappa shape index (κ2) is 7.13. The van der Waals surface area contributed by atoms with E-state index in [4.69, 9.17) is 9.47 Å². The molecule has 0 radical (unpaired) electrons. The number of rotatable bonds is 6. The van der Waals surface area contributed by atoms with E-state index in [0.717, 1.165) is 10.5 Å². The van der Waals surface area contributed by atoms with E-state index in [0.29, 0.717) is 31.1 Å². The first kappa shape index (κ1) is 16.1. The number of quaternary nitrogens is 1. The SMILES string of the molecule is COc1ccc(C[NH+]2CCNC(=O)[C@H]2CC(=O)[O-])cc1OC. The molecule has 2 rings (SSSR count). The molecule has 7 heteroatoms. The molecule has 22 heavy (non-hydrogen) atoms. The van der Waals surface area contributed by atoms with Crippen LogP contribution >= 0.6 is 0 Å². The maximum Gasteiger partial charge on any atom is 0.278 e. The molecule has 7 nitrogen and oxygen atoms in total. The molecule has 1 aromatic carbocycles. The van der Waals surface area contributed by atoms with Crippen molar-refractivity contribution in [3.8, 4) is 11.5 Å². The third-order valence-electron chi connectivity index (χ3n) is 3.80. The van der Waals surface area contributed by atoms with Crippen LogP contribution in [-0.2, 0) is 16.1 Å². The van der Waals surface area contributed by atoms with E-state index in [-0.39, 0.29) is 12.3 Å². The Hall–Kier alpha value is -2.28. The van der Waals surface area contributed by atoms with Crippen molar-refractivity contribution >= 4 is 11.9 Å². The van der Waals surface area contributed by atoms with E-state index in [9.17, 15) is 14.7 Å². The molecule has 1 aliphatic rings. The summed E-state index contributed by atoms with van der Waals surface area (Å²) in [5.41, 5.74) is 0.950. The molecule has 0 aromatic heterocycles. The number of carboxylic acid groups (broad SMARTS) is 1. The van der Waals surface area contributed by atoms with Crippen molar-refractivity contribution in [3.05, 3.63) is 23.8 Å². The zero-order chi connectivity index (χ0) is 16.1. The monoisotopic (exact) mass is 308 g/mol. The van der Waals surface area contributed by atoms with Crippen LogP contribution in [0.3, 0.4) is 0 Å². The number of carbonyl (C=O) groups excluding carboxylic acids is 2. The highest BCUT2D eigenvalue weighted by Crippen LogP contribution is 2.27. The van der Waals surface area contributed by atoms with Crippen molar-refractivity contribution in [3.63, 3.8) is 0 Å². The van der Waals surface area contributed by atoms with Crippen molar-refractivity contribution in [2.24, 2.45) is 0 Å². The minimum atomic E-state index is -1.22. The summed E-state index contributed by atoms with van der Waals surface area (Å²) in [5, 5.41) is 13.6. The third kappa shape index (κ3) is 3.67. The average Bonchev–Trinajstić information content (AvgIpc) is 2.50. The Morgan fingerprint density at radius 3 is 2.73 bits per heavy atom. The van der Waals surface area contributed by atoms with Crippen molar-refractivity contribution in [2.75, 3.05) is 27.3 Å². The summed E-state index contributed by atoms with van der Waals surface area (Å²) in [6.07, 6.45) is -0.283. The summed E-state index contributed by atoms with van der Waals surface area (Å²) in [6.45, 7) is 1.73. The van der Waals surface area contributed by atoms with Gasteiger partial charge >= 0.3 is 0 Å². The molecule has 2 atom stereocenters. The van der Waals surface area contributed by atoms with Crippen LogP contribution in [0.5, 0.6) is 11.5 Å². The summed E-state index contributed by atoms with van der Waals surface area (Å²) >= 11 is 0. The van der Waals surface area contributed by atoms with Gasteiger partial charge in [0.15, 0.2) is 17.5 Å². The van der Waals surface area contributed by atoms with Crippen molar-refractivity contribution in [2.45, 2.75) is 19.0 Å². The average molecular weight is 308 g/mol.